The van der Waals surface area contributed by atoms with Crippen molar-refractivity contribution in [3.05, 3.63) is 207 Å². The molecule has 0 unspecified atom stereocenters. The van der Waals surface area contributed by atoms with Gasteiger partial charge in [0.05, 0.1) is 56.9 Å². The molecular formula is C52H34N8. The van der Waals surface area contributed by atoms with Crippen LogP contribution in [-0.4, -0.2) is 39.9 Å². The van der Waals surface area contributed by atoms with Gasteiger partial charge in [-0.3, -0.25) is 19.9 Å². The second-order valence-corrected chi connectivity index (χ2v) is 14.1. The molecule has 0 bridgehead atoms. The van der Waals surface area contributed by atoms with Crippen LogP contribution in [0.1, 0.15) is 0 Å². The average molecular weight is 771 g/mol. The summed E-state index contributed by atoms with van der Waals surface area (Å²) in [5, 5.41) is 0. The third-order valence-electron chi connectivity index (χ3n) is 10.1. The van der Waals surface area contributed by atoms with Crippen molar-refractivity contribution in [1.82, 2.24) is 39.9 Å². The number of benzene rings is 3. The van der Waals surface area contributed by atoms with E-state index in [1.165, 1.54) is 0 Å². The molecule has 0 saturated carbocycles. The lowest BCUT2D eigenvalue weighted by Gasteiger charge is -2.15. The molecule has 0 spiro atoms. The molecule has 8 nitrogen and oxygen atoms in total. The zero-order chi connectivity index (χ0) is 40.1. The van der Waals surface area contributed by atoms with E-state index in [0.717, 1.165) is 61.7 Å². The Morgan fingerprint density at radius 2 is 0.533 bits per heavy atom. The molecule has 10 aromatic rings. The van der Waals surface area contributed by atoms with Crippen LogP contribution in [0.4, 0.5) is 0 Å². The van der Waals surface area contributed by atoms with E-state index in [4.69, 9.17) is 19.9 Å². The summed E-state index contributed by atoms with van der Waals surface area (Å²) in [6.07, 6.45) is 7.10. The van der Waals surface area contributed by atoms with E-state index in [9.17, 15) is 0 Å². The molecule has 3 aromatic carbocycles. The number of hydrogen-bond acceptors (Lipinski definition) is 8. The maximum atomic E-state index is 5.38. The summed E-state index contributed by atoms with van der Waals surface area (Å²) < 4.78 is 0. The van der Waals surface area contributed by atoms with Gasteiger partial charge in [-0.05, 0) is 119 Å². The van der Waals surface area contributed by atoms with E-state index in [-0.39, 0.29) is 0 Å². The van der Waals surface area contributed by atoms with Crippen molar-refractivity contribution in [1.29, 1.82) is 0 Å². The molecule has 0 aliphatic carbocycles. The van der Waals surface area contributed by atoms with Crippen LogP contribution in [0.3, 0.4) is 0 Å². The Kier molecular flexibility index (Phi) is 9.75. The summed E-state index contributed by atoms with van der Waals surface area (Å²) in [5.74, 6) is 0.559. The topological polar surface area (TPSA) is 103 Å². The summed E-state index contributed by atoms with van der Waals surface area (Å²) in [5.41, 5.74) is 14.0. The summed E-state index contributed by atoms with van der Waals surface area (Å²) in [6.45, 7) is 0. The van der Waals surface area contributed by atoms with Crippen LogP contribution in [0.5, 0.6) is 0 Å². The number of nitrogens with zero attached hydrogens (tertiary/aromatic N) is 8. The van der Waals surface area contributed by atoms with Crippen molar-refractivity contribution in [2.24, 2.45) is 0 Å². The highest BCUT2D eigenvalue weighted by Gasteiger charge is 2.18. The van der Waals surface area contributed by atoms with Crippen LogP contribution in [-0.2, 0) is 0 Å². The van der Waals surface area contributed by atoms with E-state index >= 15 is 0 Å². The third-order valence-corrected chi connectivity index (χ3v) is 10.1. The zero-order valence-corrected chi connectivity index (χ0v) is 32.2. The highest BCUT2D eigenvalue weighted by molar-refractivity contribution is 5.83. The molecule has 7 aromatic heterocycles. The summed E-state index contributed by atoms with van der Waals surface area (Å²) >= 11 is 0. The van der Waals surface area contributed by atoms with Gasteiger partial charge in [0.2, 0.25) is 0 Å². The van der Waals surface area contributed by atoms with Crippen molar-refractivity contribution < 1.29 is 0 Å². The van der Waals surface area contributed by atoms with E-state index in [0.29, 0.717) is 40.0 Å². The first-order valence-corrected chi connectivity index (χ1v) is 19.6. The first-order chi connectivity index (χ1) is 29.7. The average Bonchev–Trinajstić information content (AvgIpc) is 3.35. The number of hydrogen-bond donors (Lipinski definition) is 0. The molecule has 0 aliphatic rings. The van der Waals surface area contributed by atoms with Crippen LogP contribution < -0.4 is 0 Å². The molecule has 282 valence electrons. The fourth-order valence-corrected chi connectivity index (χ4v) is 7.16. The predicted molar refractivity (Wildman–Crippen MR) is 238 cm³/mol. The van der Waals surface area contributed by atoms with E-state index in [1.807, 2.05) is 115 Å². The molecule has 0 saturated heterocycles. The summed E-state index contributed by atoms with van der Waals surface area (Å²) in [4.78, 5) is 39.5. The fourth-order valence-electron chi connectivity index (χ4n) is 7.16. The van der Waals surface area contributed by atoms with E-state index < -0.39 is 0 Å². The number of rotatable bonds is 9. The third kappa shape index (κ3) is 7.68. The first kappa shape index (κ1) is 36.0. The van der Waals surface area contributed by atoms with Gasteiger partial charge in [0.15, 0.2) is 5.82 Å². The SMILES string of the molecule is c1ccc(-c2cc(-c3ccccc3)cc(-c3nc(-c4cc(-c5ccccn5)nc(-c5ccccn5)c4)cc(-c4cc(-c5ccccn5)nc(-c5ccccn5)c4)n3)c2)cc1. The minimum atomic E-state index is 0.559. The van der Waals surface area contributed by atoms with E-state index in [2.05, 4.69) is 86.7 Å². The van der Waals surface area contributed by atoms with Crippen LogP contribution in [0.2, 0.25) is 0 Å². The van der Waals surface area contributed by atoms with Crippen molar-refractivity contribution in [2.75, 3.05) is 0 Å². The minimum absolute atomic E-state index is 0.559. The molecule has 10 rings (SSSR count). The molecule has 0 N–H and O–H groups in total. The Balaban J connectivity index is 1.24. The first-order valence-electron chi connectivity index (χ1n) is 19.6. The minimum Gasteiger partial charge on any atom is -0.255 e. The smallest absolute Gasteiger partial charge is 0.160 e. The molecule has 7 heterocycles. The standard InChI is InChI=1S/C52H34N8/c1-3-15-35(16-4-1)37-27-38(36-17-5-2-6-18-36)29-41(28-37)52-59-46(39-30-48(42-19-7-11-23-53-42)57-49(31-39)43-20-8-12-24-54-43)34-47(60-52)40-32-50(44-21-9-13-25-55-44)58-51(33-40)45-22-10-14-26-56-45/h1-34H. The Hall–Kier alpha value is -8.36. The molecule has 0 fully saturated rings. The highest BCUT2D eigenvalue weighted by Crippen LogP contribution is 2.37. The van der Waals surface area contributed by atoms with Crippen LogP contribution >= 0.6 is 0 Å². The van der Waals surface area contributed by atoms with Crippen molar-refractivity contribution >= 4 is 0 Å². The lowest BCUT2D eigenvalue weighted by molar-refractivity contribution is 1.17. The summed E-state index contributed by atoms with van der Waals surface area (Å²) in [7, 11) is 0. The molecule has 8 heteroatoms. The lowest BCUT2D eigenvalue weighted by atomic mass is 9.95. The van der Waals surface area contributed by atoms with Crippen LogP contribution in [0, 0.1) is 0 Å². The van der Waals surface area contributed by atoms with Gasteiger partial charge in [-0.2, -0.15) is 0 Å². The maximum absolute atomic E-state index is 5.38. The Bertz CT molecular complexity index is 2540. The monoisotopic (exact) mass is 770 g/mol. The zero-order valence-electron chi connectivity index (χ0n) is 32.2. The fraction of sp³-hybridized carbons (Fsp3) is 0. The second kappa shape index (κ2) is 16.2. The molecule has 0 amide bonds. The van der Waals surface area contributed by atoms with Gasteiger partial charge in [-0.1, -0.05) is 84.9 Å². The number of aromatic nitrogens is 8. The van der Waals surface area contributed by atoms with Gasteiger partial charge in [-0.25, -0.2) is 19.9 Å². The Morgan fingerprint density at radius 3 is 0.867 bits per heavy atom. The van der Waals surface area contributed by atoms with Crippen molar-refractivity contribution in [2.45, 2.75) is 0 Å². The lowest BCUT2D eigenvalue weighted by Crippen LogP contribution is -2.00. The van der Waals surface area contributed by atoms with Gasteiger partial charge in [0.25, 0.3) is 0 Å². The highest BCUT2D eigenvalue weighted by atomic mass is 14.9. The summed E-state index contributed by atoms with van der Waals surface area (Å²) in [6, 6.07) is 60.8. The van der Waals surface area contributed by atoms with Crippen LogP contribution in [0.15, 0.2) is 207 Å². The normalized spacial score (nSPS) is 11.0. The van der Waals surface area contributed by atoms with E-state index in [1.54, 1.807) is 24.8 Å². The Labute approximate surface area is 347 Å². The Morgan fingerprint density at radius 1 is 0.200 bits per heavy atom. The number of pyridine rings is 6. The predicted octanol–water partition coefficient (Wildman–Crippen LogP) is 11.8. The molecular weight excluding hydrogens is 737 g/mol. The molecule has 60 heavy (non-hydrogen) atoms. The van der Waals surface area contributed by atoms with Gasteiger partial charge >= 0.3 is 0 Å². The van der Waals surface area contributed by atoms with Gasteiger partial charge in [0, 0.05) is 41.5 Å². The second-order valence-electron chi connectivity index (χ2n) is 14.1. The maximum Gasteiger partial charge on any atom is 0.160 e. The quantitative estimate of drug-likeness (QED) is 0.143. The molecule has 0 atom stereocenters. The van der Waals surface area contributed by atoms with Crippen molar-refractivity contribution in [3.63, 3.8) is 0 Å². The van der Waals surface area contributed by atoms with Gasteiger partial charge in [-0.15, -0.1) is 0 Å². The van der Waals surface area contributed by atoms with Gasteiger partial charge < -0.3 is 0 Å². The largest absolute Gasteiger partial charge is 0.255 e. The van der Waals surface area contributed by atoms with Crippen molar-refractivity contribution in [3.8, 4) is 102 Å². The molecule has 0 aliphatic heterocycles. The van der Waals surface area contributed by atoms with Crippen LogP contribution in [0.25, 0.3) is 102 Å². The van der Waals surface area contributed by atoms with Gasteiger partial charge in [0.1, 0.15) is 0 Å². The molecule has 0 radical (unpaired) electrons.